The molecule has 2 rings (SSSR count). The number of rotatable bonds is 6. The molecule has 9 heteroatoms. The van der Waals surface area contributed by atoms with Gasteiger partial charge in [0.15, 0.2) is 15.8 Å². The van der Waals surface area contributed by atoms with Crippen molar-refractivity contribution in [1.82, 2.24) is 10.2 Å². The van der Waals surface area contributed by atoms with Crippen LogP contribution in [0.3, 0.4) is 0 Å². The molecule has 0 radical (unpaired) electrons. The molecule has 1 fully saturated rings. The molecule has 0 aromatic heterocycles. The Kier molecular flexibility index (Phi) is 9.48. The summed E-state index contributed by atoms with van der Waals surface area (Å²) in [6, 6.07) is 8.07. The lowest BCUT2D eigenvalue weighted by molar-refractivity contribution is 0.373. The fourth-order valence-electron chi connectivity index (χ4n) is 2.76. The normalized spacial score (nSPS) is 15.4. The van der Waals surface area contributed by atoms with Gasteiger partial charge in [-0.3, -0.25) is 4.99 Å². The maximum atomic E-state index is 11.6. The van der Waals surface area contributed by atoms with Crippen LogP contribution in [0.2, 0.25) is 0 Å². The van der Waals surface area contributed by atoms with Crippen LogP contribution in [0.1, 0.15) is 6.92 Å². The molecule has 1 aromatic rings. The Balaban J connectivity index is 0.00000338. The van der Waals surface area contributed by atoms with Gasteiger partial charge in [-0.1, -0.05) is 6.92 Å². The molecule has 7 nitrogen and oxygen atoms in total. The van der Waals surface area contributed by atoms with Crippen LogP contribution in [0.4, 0.5) is 5.69 Å². The van der Waals surface area contributed by atoms with Crippen LogP contribution in [0, 0.1) is 0 Å². The van der Waals surface area contributed by atoms with Gasteiger partial charge in [0.25, 0.3) is 0 Å². The summed E-state index contributed by atoms with van der Waals surface area (Å²) in [4.78, 5) is 8.77. The van der Waals surface area contributed by atoms with E-state index in [0.29, 0.717) is 6.54 Å². The van der Waals surface area contributed by atoms with Crippen LogP contribution >= 0.6 is 24.0 Å². The number of ether oxygens (including phenoxy) is 1. The smallest absolute Gasteiger partial charge is 0.193 e. The topological polar surface area (TPSA) is 74.2 Å². The van der Waals surface area contributed by atoms with E-state index in [-0.39, 0.29) is 35.5 Å². The predicted molar refractivity (Wildman–Crippen MR) is 118 cm³/mol. The van der Waals surface area contributed by atoms with E-state index in [2.05, 4.69) is 32.2 Å². The van der Waals surface area contributed by atoms with Crippen LogP contribution in [0.15, 0.2) is 29.3 Å². The van der Waals surface area contributed by atoms with Crippen LogP contribution in [0.5, 0.6) is 5.75 Å². The van der Waals surface area contributed by atoms with Gasteiger partial charge in [-0.2, -0.15) is 0 Å². The highest BCUT2D eigenvalue weighted by Gasteiger charge is 2.20. The van der Waals surface area contributed by atoms with Crippen molar-refractivity contribution in [2.45, 2.75) is 6.92 Å². The number of hydrogen-bond acceptors (Lipinski definition) is 5. The summed E-state index contributed by atoms with van der Waals surface area (Å²) in [7, 11) is 0.434. The molecule has 0 atom stereocenters. The Hall–Kier alpha value is -1.23. The van der Waals surface area contributed by atoms with Gasteiger partial charge in [0.1, 0.15) is 5.75 Å². The maximum Gasteiger partial charge on any atom is 0.193 e. The van der Waals surface area contributed by atoms with Gasteiger partial charge in [-0.15, -0.1) is 24.0 Å². The number of guanidine groups is 1. The Morgan fingerprint density at radius 1 is 1.19 bits per heavy atom. The summed E-state index contributed by atoms with van der Waals surface area (Å²) < 4.78 is 28.4. The van der Waals surface area contributed by atoms with E-state index >= 15 is 0 Å². The van der Waals surface area contributed by atoms with E-state index in [4.69, 9.17) is 4.74 Å². The van der Waals surface area contributed by atoms with Gasteiger partial charge in [-0.05, 0) is 24.3 Å². The number of sulfone groups is 1. The number of nitrogens with zero attached hydrogens (tertiary/aromatic N) is 3. The molecule has 26 heavy (non-hydrogen) atoms. The fraction of sp³-hybridized carbons (Fsp3) is 0.588. The summed E-state index contributed by atoms with van der Waals surface area (Å²) in [5.74, 6) is 1.93. The molecule has 0 unspecified atom stereocenters. The lowest BCUT2D eigenvalue weighted by Crippen LogP contribution is -2.53. The first-order chi connectivity index (χ1) is 12.0. The predicted octanol–water partition coefficient (Wildman–Crippen LogP) is 1.45. The molecule has 1 saturated heterocycles. The van der Waals surface area contributed by atoms with E-state index in [1.807, 2.05) is 12.1 Å². The zero-order chi connectivity index (χ0) is 18.3. The lowest BCUT2D eigenvalue weighted by atomic mass is 10.2. The molecule has 1 heterocycles. The van der Waals surface area contributed by atoms with E-state index in [1.54, 1.807) is 21.1 Å². The quantitative estimate of drug-likeness (QED) is 0.365. The lowest BCUT2D eigenvalue weighted by Gasteiger charge is -2.37. The molecule has 0 saturated carbocycles. The first-order valence-corrected chi connectivity index (χ1v) is 10.4. The summed E-state index contributed by atoms with van der Waals surface area (Å²) in [6.07, 6.45) is 0. The summed E-state index contributed by atoms with van der Waals surface area (Å²) in [6.45, 7) is 5.52. The molecular weight excluding hydrogens is 467 g/mol. The van der Waals surface area contributed by atoms with Gasteiger partial charge in [0.05, 0.1) is 12.9 Å². The standard InChI is InChI=1S/C17H28N4O3S.HI/c1-4-25(22,23)14-9-19-17(18-2)21-12-10-20(11-13-21)15-5-7-16(24-3)8-6-15;/h5-8H,4,9-14H2,1-3H3,(H,18,19);1H. The van der Waals surface area contributed by atoms with Crippen LogP contribution in [-0.4, -0.2) is 77.7 Å². The Morgan fingerprint density at radius 2 is 1.81 bits per heavy atom. The third-order valence-electron chi connectivity index (χ3n) is 4.36. The van der Waals surface area contributed by atoms with Gasteiger partial charge < -0.3 is 19.9 Å². The molecule has 148 valence electrons. The minimum Gasteiger partial charge on any atom is -0.497 e. The minimum absolute atomic E-state index is 0. The first-order valence-electron chi connectivity index (χ1n) is 8.54. The van der Waals surface area contributed by atoms with Crippen molar-refractivity contribution in [2.75, 3.05) is 63.3 Å². The van der Waals surface area contributed by atoms with E-state index in [1.165, 1.54) is 5.69 Å². The van der Waals surface area contributed by atoms with Crippen LogP contribution in [-0.2, 0) is 9.84 Å². The summed E-state index contributed by atoms with van der Waals surface area (Å²) >= 11 is 0. The molecule has 1 aliphatic rings. The van der Waals surface area contributed by atoms with Gasteiger partial charge in [-0.25, -0.2) is 8.42 Å². The molecular formula is C17H29IN4O3S. The highest BCUT2D eigenvalue weighted by molar-refractivity contribution is 14.0. The van der Waals surface area contributed by atoms with Gasteiger partial charge >= 0.3 is 0 Å². The zero-order valence-corrected chi connectivity index (χ0v) is 18.8. The second kappa shape index (κ2) is 10.8. The zero-order valence-electron chi connectivity index (χ0n) is 15.6. The third kappa shape index (κ3) is 6.49. The third-order valence-corrected chi connectivity index (χ3v) is 6.07. The molecule has 1 N–H and O–H groups in total. The van der Waals surface area contributed by atoms with Crippen LogP contribution < -0.4 is 15.0 Å². The van der Waals surface area contributed by atoms with E-state index in [0.717, 1.165) is 37.9 Å². The van der Waals surface area contributed by atoms with Crippen molar-refractivity contribution in [2.24, 2.45) is 4.99 Å². The van der Waals surface area contributed by atoms with Crippen molar-refractivity contribution < 1.29 is 13.2 Å². The molecule has 1 aromatic carbocycles. The average molecular weight is 496 g/mol. The molecule has 0 aliphatic carbocycles. The van der Waals surface area contributed by atoms with Crippen molar-refractivity contribution in [3.63, 3.8) is 0 Å². The van der Waals surface area contributed by atoms with Crippen molar-refractivity contribution in [1.29, 1.82) is 0 Å². The maximum absolute atomic E-state index is 11.6. The summed E-state index contributed by atoms with van der Waals surface area (Å²) in [5.41, 5.74) is 1.18. The van der Waals surface area contributed by atoms with Crippen molar-refractivity contribution in [3.05, 3.63) is 24.3 Å². The number of hydrogen-bond donors (Lipinski definition) is 1. The fourth-order valence-corrected chi connectivity index (χ4v) is 3.47. The molecule has 0 spiro atoms. The Labute approximate surface area is 173 Å². The monoisotopic (exact) mass is 496 g/mol. The number of methoxy groups -OCH3 is 1. The number of halogens is 1. The minimum atomic E-state index is -2.96. The average Bonchev–Trinajstić information content (AvgIpc) is 2.65. The van der Waals surface area contributed by atoms with E-state index in [9.17, 15) is 8.42 Å². The first kappa shape index (κ1) is 22.8. The second-order valence-electron chi connectivity index (χ2n) is 5.88. The highest BCUT2D eigenvalue weighted by atomic mass is 127. The Bertz CT molecular complexity index is 672. The highest BCUT2D eigenvalue weighted by Crippen LogP contribution is 2.20. The Morgan fingerprint density at radius 3 is 2.31 bits per heavy atom. The van der Waals surface area contributed by atoms with Crippen molar-refractivity contribution >= 4 is 45.5 Å². The number of anilines is 1. The largest absolute Gasteiger partial charge is 0.497 e. The van der Waals surface area contributed by atoms with Gasteiger partial charge in [0.2, 0.25) is 0 Å². The number of nitrogens with one attached hydrogen (secondary N) is 1. The number of aliphatic imine (C=N–C) groups is 1. The molecule has 0 bridgehead atoms. The second-order valence-corrected chi connectivity index (χ2v) is 8.36. The van der Waals surface area contributed by atoms with Gasteiger partial charge in [0, 0.05) is 51.2 Å². The SMILES string of the molecule is CCS(=O)(=O)CCNC(=NC)N1CCN(c2ccc(OC)cc2)CC1.I. The van der Waals surface area contributed by atoms with Crippen molar-refractivity contribution in [3.8, 4) is 5.75 Å². The number of benzene rings is 1. The van der Waals surface area contributed by atoms with Crippen LogP contribution in [0.25, 0.3) is 0 Å². The summed E-state index contributed by atoms with van der Waals surface area (Å²) in [5, 5.41) is 3.16. The van der Waals surface area contributed by atoms with E-state index < -0.39 is 9.84 Å². The molecule has 0 amide bonds. The molecule has 1 aliphatic heterocycles. The number of piperazine rings is 1.